The van der Waals surface area contributed by atoms with E-state index >= 15 is 0 Å². The molecule has 0 radical (unpaired) electrons. The van der Waals surface area contributed by atoms with Gasteiger partial charge in [-0.15, -0.1) is 0 Å². The third-order valence-corrected chi connectivity index (χ3v) is 5.05. The molecule has 1 saturated carbocycles. The molecule has 0 aliphatic heterocycles. The smallest absolute Gasteiger partial charge is 0.305 e. The van der Waals surface area contributed by atoms with Gasteiger partial charge >= 0.3 is 5.97 Å². The van der Waals surface area contributed by atoms with Crippen LogP contribution in [0.1, 0.15) is 51.0 Å². The van der Waals surface area contributed by atoms with Gasteiger partial charge in [0.15, 0.2) is 0 Å². The highest BCUT2D eigenvalue weighted by atomic mass is 16.5. The Labute approximate surface area is 133 Å². The maximum atomic E-state index is 11.5. The lowest BCUT2D eigenvalue weighted by molar-refractivity contribution is -0.143. The summed E-state index contributed by atoms with van der Waals surface area (Å²) < 4.78 is 5.03. The number of pyridine rings is 1. The first-order valence-electron chi connectivity index (χ1n) is 8.32. The maximum Gasteiger partial charge on any atom is 0.305 e. The van der Waals surface area contributed by atoms with Crippen molar-refractivity contribution in [2.24, 2.45) is 5.92 Å². The van der Waals surface area contributed by atoms with Crippen LogP contribution in [-0.4, -0.2) is 36.6 Å². The molecule has 1 aromatic heterocycles. The van der Waals surface area contributed by atoms with Crippen LogP contribution in [0.15, 0.2) is 24.5 Å². The number of ether oxygens (including phenoxy) is 1. The predicted octanol–water partition coefficient (Wildman–Crippen LogP) is 3.37. The number of hydrogen-bond donors (Lipinski definition) is 0. The molecule has 4 nitrogen and oxygen atoms in total. The molecule has 0 bridgehead atoms. The summed E-state index contributed by atoms with van der Waals surface area (Å²) in [5, 5.41) is 0. The third kappa shape index (κ3) is 3.86. The second kappa shape index (κ2) is 7.73. The molecule has 122 valence electrons. The second-order valence-electron chi connectivity index (χ2n) is 6.45. The Morgan fingerprint density at radius 1 is 1.41 bits per heavy atom. The molecular formula is C18H28N2O2. The van der Waals surface area contributed by atoms with E-state index in [1.165, 1.54) is 5.56 Å². The van der Waals surface area contributed by atoms with Crippen molar-refractivity contribution < 1.29 is 9.53 Å². The van der Waals surface area contributed by atoms with Crippen LogP contribution in [0.25, 0.3) is 0 Å². The van der Waals surface area contributed by atoms with Crippen molar-refractivity contribution in [2.75, 3.05) is 20.7 Å². The van der Waals surface area contributed by atoms with Crippen molar-refractivity contribution in [2.45, 2.75) is 51.0 Å². The average Bonchev–Trinajstić information content (AvgIpc) is 2.54. The van der Waals surface area contributed by atoms with Crippen molar-refractivity contribution in [3.8, 4) is 0 Å². The SMILES string of the molecule is CCOC(=O)CCC1CCC(c2cccnc2)(N(C)C)CC1. The van der Waals surface area contributed by atoms with Crippen LogP contribution >= 0.6 is 0 Å². The Hall–Kier alpha value is -1.42. The van der Waals surface area contributed by atoms with Gasteiger partial charge in [0, 0.05) is 24.4 Å². The summed E-state index contributed by atoms with van der Waals surface area (Å²) in [5.74, 6) is 0.577. The fourth-order valence-electron chi connectivity index (χ4n) is 3.63. The van der Waals surface area contributed by atoms with Gasteiger partial charge in [-0.3, -0.25) is 14.7 Å². The molecule has 0 atom stereocenters. The van der Waals surface area contributed by atoms with Crippen LogP contribution in [0, 0.1) is 5.92 Å². The van der Waals surface area contributed by atoms with Crippen LogP contribution in [0.5, 0.6) is 0 Å². The number of nitrogens with zero attached hydrogens (tertiary/aromatic N) is 2. The lowest BCUT2D eigenvalue weighted by Gasteiger charge is -2.45. The number of esters is 1. The number of aromatic nitrogens is 1. The van der Waals surface area contributed by atoms with E-state index in [4.69, 9.17) is 4.74 Å². The Morgan fingerprint density at radius 3 is 2.68 bits per heavy atom. The van der Waals surface area contributed by atoms with Crippen molar-refractivity contribution in [1.29, 1.82) is 0 Å². The Balaban J connectivity index is 1.95. The second-order valence-corrected chi connectivity index (χ2v) is 6.45. The molecule has 0 spiro atoms. The standard InChI is InChI=1S/C18H28N2O2/c1-4-22-17(21)8-7-15-9-11-18(12-10-15,20(2)3)16-6-5-13-19-14-16/h5-6,13-15H,4,7-12H2,1-3H3. The van der Waals surface area contributed by atoms with Gasteiger partial charge in [-0.25, -0.2) is 0 Å². The van der Waals surface area contributed by atoms with Gasteiger partial charge in [0.1, 0.15) is 0 Å². The fourth-order valence-corrected chi connectivity index (χ4v) is 3.63. The minimum atomic E-state index is -0.0563. The van der Waals surface area contributed by atoms with Crippen LogP contribution in [0.4, 0.5) is 0 Å². The molecule has 2 rings (SSSR count). The van der Waals surface area contributed by atoms with Crippen molar-refractivity contribution in [3.05, 3.63) is 30.1 Å². The van der Waals surface area contributed by atoms with Gasteiger partial charge in [0.25, 0.3) is 0 Å². The third-order valence-electron chi connectivity index (χ3n) is 5.05. The highest BCUT2D eigenvalue weighted by molar-refractivity contribution is 5.69. The lowest BCUT2D eigenvalue weighted by atomic mass is 9.71. The molecule has 22 heavy (non-hydrogen) atoms. The largest absolute Gasteiger partial charge is 0.466 e. The van der Waals surface area contributed by atoms with Gasteiger partial charge in [0.2, 0.25) is 0 Å². The van der Waals surface area contributed by atoms with E-state index in [1.807, 2.05) is 25.4 Å². The quantitative estimate of drug-likeness (QED) is 0.756. The van der Waals surface area contributed by atoms with Crippen molar-refractivity contribution >= 4 is 5.97 Å². The Morgan fingerprint density at radius 2 is 2.14 bits per heavy atom. The molecule has 1 aromatic rings. The van der Waals surface area contributed by atoms with E-state index in [1.54, 1.807) is 0 Å². The fraction of sp³-hybridized carbons (Fsp3) is 0.667. The summed E-state index contributed by atoms with van der Waals surface area (Å²) in [4.78, 5) is 18.1. The molecule has 1 aliphatic rings. The highest BCUT2D eigenvalue weighted by Gasteiger charge is 2.38. The van der Waals surface area contributed by atoms with E-state index in [-0.39, 0.29) is 11.5 Å². The number of rotatable bonds is 6. The van der Waals surface area contributed by atoms with Crippen LogP contribution in [0.2, 0.25) is 0 Å². The zero-order chi connectivity index (χ0) is 16.0. The molecule has 0 saturated heterocycles. The number of hydrogen-bond acceptors (Lipinski definition) is 4. The molecule has 0 aromatic carbocycles. The average molecular weight is 304 g/mol. The van der Waals surface area contributed by atoms with Crippen molar-refractivity contribution in [3.63, 3.8) is 0 Å². The Kier molecular flexibility index (Phi) is 5.95. The summed E-state index contributed by atoms with van der Waals surface area (Å²) in [6.45, 7) is 2.34. The molecule has 1 heterocycles. The molecule has 4 heteroatoms. The minimum Gasteiger partial charge on any atom is -0.466 e. The normalized spacial score (nSPS) is 25.2. The van der Waals surface area contributed by atoms with Gasteiger partial charge in [0.05, 0.1) is 6.61 Å². The first kappa shape index (κ1) is 16.9. The predicted molar refractivity (Wildman–Crippen MR) is 87.4 cm³/mol. The van der Waals surface area contributed by atoms with E-state index in [0.29, 0.717) is 18.9 Å². The zero-order valence-electron chi connectivity index (χ0n) is 14.0. The molecule has 1 aliphatic carbocycles. The first-order valence-corrected chi connectivity index (χ1v) is 8.32. The van der Waals surface area contributed by atoms with E-state index < -0.39 is 0 Å². The van der Waals surface area contributed by atoms with E-state index in [0.717, 1.165) is 32.1 Å². The molecule has 0 N–H and O–H groups in total. The van der Waals surface area contributed by atoms with Gasteiger partial charge in [-0.1, -0.05) is 6.07 Å². The van der Waals surface area contributed by atoms with Crippen LogP contribution < -0.4 is 0 Å². The number of carbonyl (C=O) groups excluding carboxylic acids is 1. The Bertz CT molecular complexity index is 465. The summed E-state index contributed by atoms with van der Waals surface area (Å²) in [5.41, 5.74) is 1.40. The zero-order valence-corrected chi connectivity index (χ0v) is 14.0. The minimum absolute atomic E-state index is 0.0563. The summed E-state index contributed by atoms with van der Waals surface area (Å²) in [7, 11) is 4.32. The summed E-state index contributed by atoms with van der Waals surface area (Å²) in [6, 6.07) is 4.21. The van der Waals surface area contributed by atoms with Crippen molar-refractivity contribution in [1.82, 2.24) is 9.88 Å². The monoisotopic (exact) mass is 304 g/mol. The van der Waals surface area contributed by atoms with E-state index in [2.05, 4.69) is 30.0 Å². The maximum absolute atomic E-state index is 11.5. The first-order chi connectivity index (χ1) is 10.6. The number of carbonyl (C=O) groups is 1. The van der Waals surface area contributed by atoms with E-state index in [9.17, 15) is 4.79 Å². The van der Waals surface area contributed by atoms with Gasteiger partial charge in [-0.05, 0) is 70.7 Å². The summed E-state index contributed by atoms with van der Waals surface area (Å²) >= 11 is 0. The highest BCUT2D eigenvalue weighted by Crippen LogP contribution is 2.43. The molecule has 1 fully saturated rings. The van der Waals surface area contributed by atoms with Crippen LogP contribution in [0.3, 0.4) is 0 Å². The van der Waals surface area contributed by atoms with Gasteiger partial charge < -0.3 is 4.74 Å². The summed E-state index contributed by atoms with van der Waals surface area (Å²) in [6.07, 6.45) is 9.91. The van der Waals surface area contributed by atoms with Crippen LogP contribution in [-0.2, 0) is 15.1 Å². The molecule has 0 unspecified atom stereocenters. The molecule has 0 amide bonds. The van der Waals surface area contributed by atoms with Gasteiger partial charge in [-0.2, -0.15) is 0 Å². The molecular weight excluding hydrogens is 276 g/mol. The lowest BCUT2D eigenvalue weighted by Crippen LogP contribution is -2.44. The topological polar surface area (TPSA) is 42.4 Å².